The Morgan fingerprint density at radius 2 is 2.13 bits per heavy atom. The first-order chi connectivity index (χ1) is 7.19. The second-order valence-corrected chi connectivity index (χ2v) is 5.14. The molecule has 0 aromatic rings. The minimum atomic E-state index is 0.808. The van der Waals surface area contributed by atoms with E-state index < -0.39 is 0 Å². The van der Waals surface area contributed by atoms with Crippen molar-refractivity contribution in [1.82, 2.24) is 10.2 Å². The molecule has 0 radical (unpaired) electrons. The fourth-order valence-corrected chi connectivity index (χ4v) is 2.57. The summed E-state index contributed by atoms with van der Waals surface area (Å²) in [6, 6.07) is 0.810. The maximum Gasteiger partial charge on any atom is 0.0145 e. The summed E-state index contributed by atoms with van der Waals surface area (Å²) >= 11 is 0. The second-order valence-electron chi connectivity index (χ2n) is 5.14. The van der Waals surface area contributed by atoms with Gasteiger partial charge in [-0.15, -0.1) is 0 Å². The van der Waals surface area contributed by atoms with Crippen LogP contribution in [0.4, 0.5) is 0 Å². The van der Waals surface area contributed by atoms with Gasteiger partial charge in [0.25, 0.3) is 0 Å². The van der Waals surface area contributed by atoms with Crippen molar-refractivity contribution in [3.63, 3.8) is 0 Å². The molecule has 1 N–H and O–H groups in total. The van der Waals surface area contributed by atoms with E-state index in [2.05, 4.69) is 37.9 Å². The third-order valence-corrected chi connectivity index (χ3v) is 3.86. The number of hydrogen-bond acceptors (Lipinski definition) is 2. The summed E-state index contributed by atoms with van der Waals surface area (Å²) in [6.07, 6.45) is 2.63. The summed E-state index contributed by atoms with van der Waals surface area (Å²) in [7, 11) is 0. The minimum Gasteiger partial charge on any atom is -0.316 e. The van der Waals surface area contributed by atoms with Crippen LogP contribution in [-0.4, -0.2) is 37.1 Å². The Kier molecular flexibility index (Phi) is 5.62. The molecule has 1 saturated heterocycles. The van der Waals surface area contributed by atoms with E-state index in [0.717, 1.165) is 17.9 Å². The van der Waals surface area contributed by atoms with Crippen LogP contribution in [0.15, 0.2) is 0 Å². The third-order valence-electron chi connectivity index (χ3n) is 3.86. The number of piperidine rings is 1. The SMILES string of the molecule is CCC(C)CN(CC)C1CCNCC1C. The molecule has 2 heteroatoms. The molecule has 0 aromatic carbocycles. The molecular formula is C13H28N2. The van der Waals surface area contributed by atoms with Gasteiger partial charge in [0.1, 0.15) is 0 Å². The van der Waals surface area contributed by atoms with E-state index in [1.165, 1.54) is 39.0 Å². The summed E-state index contributed by atoms with van der Waals surface area (Å²) < 4.78 is 0. The highest BCUT2D eigenvalue weighted by atomic mass is 15.2. The van der Waals surface area contributed by atoms with E-state index in [1.807, 2.05) is 0 Å². The molecule has 1 rings (SSSR count). The smallest absolute Gasteiger partial charge is 0.0145 e. The normalized spacial score (nSPS) is 29.4. The van der Waals surface area contributed by atoms with Crippen LogP contribution in [0.2, 0.25) is 0 Å². The number of hydrogen-bond donors (Lipinski definition) is 1. The van der Waals surface area contributed by atoms with Crippen LogP contribution in [0.3, 0.4) is 0 Å². The van der Waals surface area contributed by atoms with Gasteiger partial charge in [-0.1, -0.05) is 34.1 Å². The maximum atomic E-state index is 3.48. The molecule has 1 heterocycles. The lowest BCUT2D eigenvalue weighted by Gasteiger charge is -2.39. The van der Waals surface area contributed by atoms with E-state index in [-0.39, 0.29) is 0 Å². The Morgan fingerprint density at radius 1 is 1.40 bits per heavy atom. The average molecular weight is 212 g/mol. The number of nitrogens with one attached hydrogen (secondary N) is 1. The van der Waals surface area contributed by atoms with Crippen molar-refractivity contribution >= 4 is 0 Å². The molecule has 0 amide bonds. The van der Waals surface area contributed by atoms with Crippen molar-refractivity contribution in [2.24, 2.45) is 11.8 Å². The predicted molar refractivity (Wildman–Crippen MR) is 67.1 cm³/mol. The van der Waals surface area contributed by atoms with Gasteiger partial charge in [-0.25, -0.2) is 0 Å². The molecule has 0 bridgehead atoms. The summed E-state index contributed by atoms with van der Waals surface area (Å²) in [5, 5.41) is 3.48. The predicted octanol–water partition coefficient (Wildman–Crippen LogP) is 2.35. The quantitative estimate of drug-likeness (QED) is 0.752. The van der Waals surface area contributed by atoms with Gasteiger partial charge in [-0.3, -0.25) is 0 Å². The average Bonchev–Trinajstić information content (AvgIpc) is 2.26. The molecule has 2 nitrogen and oxygen atoms in total. The third kappa shape index (κ3) is 3.76. The van der Waals surface area contributed by atoms with Gasteiger partial charge < -0.3 is 10.2 Å². The largest absolute Gasteiger partial charge is 0.316 e. The van der Waals surface area contributed by atoms with Crippen molar-refractivity contribution in [1.29, 1.82) is 0 Å². The van der Waals surface area contributed by atoms with E-state index in [9.17, 15) is 0 Å². The van der Waals surface area contributed by atoms with Crippen LogP contribution in [0.25, 0.3) is 0 Å². The van der Waals surface area contributed by atoms with E-state index >= 15 is 0 Å². The fraction of sp³-hybridized carbons (Fsp3) is 1.00. The highest BCUT2D eigenvalue weighted by Gasteiger charge is 2.26. The lowest BCUT2D eigenvalue weighted by Crippen LogP contribution is -2.49. The number of rotatable bonds is 5. The van der Waals surface area contributed by atoms with Gasteiger partial charge in [0.15, 0.2) is 0 Å². The molecule has 90 valence electrons. The van der Waals surface area contributed by atoms with Crippen molar-refractivity contribution in [3.8, 4) is 0 Å². The Labute approximate surface area is 95.4 Å². The second kappa shape index (κ2) is 6.49. The summed E-state index contributed by atoms with van der Waals surface area (Å²) in [5.41, 5.74) is 0. The van der Waals surface area contributed by atoms with Crippen LogP contribution in [-0.2, 0) is 0 Å². The minimum absolute atomic E-state index is 0.808. The highest BCUT2D eigenvalue weighted by molar-refractivity contribution is 4.83. The molecule has 1 aliphatic heterocycles. The summed E-state index contributed by atoms with van der Waals surface area (Å²) in [4.78, 5) is 2.69. The highest BCUT2D eigenvalue weighted by Crippen LogP contribution is 2.19. The van der Waals surface area contributed by atoms with Gasteiger partial charge in [-0.2, -0.15) is 0 Å². The zero-order valence-electron chi connectivity index (χ0n) is 10.9. The number of nitrogens with zero attached hydrogens (tertiary/aromatic N) is 1. The first kappa shape index (κ1) is 13.0. The molecule has 0 aromatic heterocycles. The maximum absolute atomic E-state index is 3.48. The van der Waals surface area contributed by atoms with Crippen molar-refractivity contribution in [2.75, 3.05) is 26.2 Å². The standard InChI is InChI=1S/C13H28N2/c1-5-11(3)10-15(6-2)13-7-8-14-9-12(13)4/h11-14H,5-10H2,1-4H3. The molecule has 0 aliphatic carbocycles. The van der Waals surface area contributed by atoms with Crippen molar-refractivity contribution in [2.45, 2.75) is 46.6 Å². The Hall–Kier alpha value is -0.0800. The molecular weight excluding hydrogens is 184 g/mol. The molecule has 0 spiro atoms. The molecule has 3 unspecified atom stereocenters. The molecule has 0 saturated carbocycles. The Balaban J connectivity index is 2.48. The van der Waals surface area contributed by atoms with Crippen LogP contribution in [0.5, 0.6) is 0 Å². The van der Waals surface area contributed by atoms with Gasteiger partial charge in [0, 0.05) is 12.6 Å². The zero-order valence-corrected chi connectivity index (χ0v) is 10.9. The van der Waals surface area contributed by atoms with E-state index in [0.29, 0.717) is 0 Å². The van der Waals surface area contributed by atoms with Gasteiger partial charge in [0.05, 0.1) is 0 Å². The topological polar surface area (TPSA) is 15.3 Å². The van der Waals surface area contributed by atoms with Gasteiger partial charge in [-0.05, 0) is 37.9 Å². The zero-order chi connectivity index (χ0) is 11.3. The first-order valence-corrected chi connectivity index (χ1v) is 6.63. The van der Waals surface area contributed by atoms with Crippen LogP contribution >= 0.6 is 0 Å². The van der Waals surface area contributed by atoms with Crippen molar-refractivity contribution in [3.05, 3.63) is 0 Å². The first-order valence-electron chi connectivity index (χ1n) is 6.63. The lowest BCUT2D eigenvalue weighted by atomic mass is 9.92. The summed E-state index contributed by atoms with van der Waals surface area (Å²) in [6.45, 7) is 14.2. The Bertz CT molecular complexity index is 170. The van der Waals surface area contributed by atoms with Crippen LogP contribution in [0.1, 0.15) is 40.5 Å². The Morgan fingerprint density at radius 3 is 2.67 bits per heavy atom. The van der Waals surface area contributed by atoms with Crippen molar-refractivity contribution < 1.29 is 0 Å². The summed E-state index contributed by atoms with van der Waals surface area (Å²) in [5.74, 6) is 1.65. The van der Waals surface area contributed by atoms with Gasteiger partial charge >= 0.3 is 0 Å². The monoisotopic (exact) mass is 212 g/mol. The molecule has 1 fully saturated rings. The van der Waals surface area contributed by atoms with Crippen LogP contribution < -0.4 is 5.32 Å². The fourth-order valence-electron chi connectivity index (χ4n) is 2.57. The molecule has 15 heavy (non-hydrogen) atoms. The van der Waals surface area contributed by atoms with E-state index in [4.69, 9.17) is 0 Å². The molecule has 3 atom stereocenters. The molecule has 1 aliphatic rings. The van der Waals surface area contributed by atoms with Crippen LogP contribution in [0, 0.1) is 11.8 Å². The lowest BCUT2D eigenvalue weighted by molar-refractivity contribution is 0.109. The van der Waals surface area contributed by atoms with E-state index in [1.54, 1.807) is 0 Å². The van der Waals surface area contributed by atoms with Gasteiger partial charge in [0.2, 0.25) is 0 Å².